The van der Waals surface area contributed by atoms with Gasteiger partial charge in [0.1, 0.15) is 29.5 Å². The van der Waals surface area contributed by atoms with Gasteiger partial charge in [-0.05, 0) is 43.5 Å². The van der Waals surface area contributed by atoms with E-state index in [9.17, 15) is 14.3 Å². The molecule has 1 saturated heterocycles. The Labute approximate surface area is 158 Å². The molecule has 2 aromatic carbocycles. The predicted molar refractivity (Wildman–Crippen MR) is 99.2 cm³/mol. The number of halogens is 1. The van der Waals surface area contributed by atoms with E-state index >= 15 is 0 Å². The first-order valence-electron chi connectivity index (χ1n) is 9.10. The highest BCUT2D eigenvalue weighted by molar-refractivity contribution is 5.77. The topological polar surface area (TPSA) is 59.0 Å². The van der Waals surface area contributed by atoms with E-state index in [1.54, 1.807) is 11.0 Å². The van der Waals surface area contributed by atoms with Crippen molar-refractivity contribution >= 4 is 5.91 Å². The zero-order valence-corrected chi connectivity index (χ0v) is 15.1. The van der Waals surface area contributed by atoms with Gasteiger partial charge in [-0.15, -0.1) is 0 Å². The summed E-state index contributed by atoms with van der Waals surface area (Å²) >= 11 is 0. The Bertz CT molecular complexity index is 755. The SMILES string of the molecule is O=C(COc1cccc(F)c1)N1CCC[C@](O)(COc2ccccc2)CC1. The highest BCUT2D eigenvalue weighted by Gasteiger charge is 2.32. The molecule has 0 radical (unpaired) electrons. The number of amides is 1. The van der Waals surface area contributed by atoms with E-state index in [0.717, 1.165) is 0 Å². The fourth-order valence-electron chi connectivity index (χ4n) is 3.10. The summed E-state index contributed by atoms with van der Waals surface area (Å²) in [7, 11) is 0. The van der Waals surface area contributed by atoms with Crippen LogP contribution in [0.5, 0.6) is 11.5 Å². The minimum Gasteiger partial charge on any atom is -0.491 e. The fraction of sp³-hybridized carbons (Fsp3) is 0.381. The van der Waals surface area contributed by atoms with Gasteiger partial charge in [-0.1, -0.05) is 24.3 Å². The maximum atomic E-state index is 13.2. The van der Waals surface area contributed by atoms with Gasteiger partial charge in [0, 0.05) is 19.2 Å². The zero-order valence-electron chi connectivity index (χ0n) is 15.1. The molecule has 0 bridgehead atoms. The second kappa shape index (κ2) is 8.86. The van der Waals surface area contributed by atoms with Gasteiger partial charge in [0.05, 0.1) is 0 Å². The van der Waals surface area contributed by atoms with Gasteiger partial charge < -0.3 is 19.5 Å². The van der Waals surface area contributed by atoms with Crippen LogP contribution >= 0.6 is 0 Å². The molecule has 0 saturated carbocycles. The number of ether oxygens (including phenoxy) is 2. The molecular formula is C21H24FNO4. The largest absolute Gasteiger partial charge is 0.491 e. The zero-order chi connectivity index (χ0) is 19.1. The maximum Gasteiger partial charge on any atom is 0.260 e. The third kappa shape index (κ3) is 5.69. The van der Waals surface area contributed by atoms with Crippen molar-refractivity contribution in [3.63, 3.8) is 0 Å². The molecule has 144 valence electrons. The molecule has 1 N–H and O–H groups in total. The van der Waals surface area contributed by atoms with Crippen molar-refractivity contribution in [1.29, 1.82) is 0 Å². The first kappa shape index (κ1) is 19.2. The van der Waals surface area contributed by atoms with Crippen molar-refractivity contribution in [2.75, 3.05) is 26.3 Å². The van der Waals surface area contributed by atoms with Crippen LogP contribution in [-0.4, -0.2) is 47.8 Å². The maximum absolute atomic E-state index is 13.2. The number of para-hydroxylation sites is 1. The van der Waals surface area contributed by atoms with Crippen LogP contribution in [-0.2, 0) is 4.79 Å². The molecule has 0 aromatic heterocycles. The molecule has 1 aliphatic heterocycles. The summed E-state index contributed by atoms with van der Waals surface area (Å²) in [6, 6.07) is 15.1. The number of hydrogen-bond acceptors (Lipinski definition) is 4. The van der Waals surface area contributed by atoms with E-state index < -0.39 is 11.4 Å². The molecule has 0 unspecified atom stereocenters. The number of benzene rings is 2. The molecule has 1 heterocycles. The van der Waals surface area contributed by atoms with Crippen molar-refractivity contribution in [1.82, 2.24) is 4.90 Å². The molecule has 2 aromatic rings. The molecule has 1 atom stereocenters. The Morgan fingerprint density at radius 2 is 1.81 bits per heavy atom. The number of aliphatic hydroxyl groups is 1. The van der Waals surface area contributed by atoms with E-state index in [2.05, 4.69) is 0 Å². The van der Waals surface area contributed by atoms with Crippen LogP contribution in [0.15, 0.2) is 54.6 Å². The first-order valence-corrected chi connectivity index (χ1v) is 9.10. The summed E-state index contributed by atoms with van der Waals surface area (Å²) < 4.78 is 24.2. The molecule has 0 aliphatic carbocycles. The van der Waals surface area contributed by atoms with Gasteiger partial charge in [-0.3, -0.25) is 4.79 Å². The van der Waals surface area contributed by atoms with Gasteiger partial charge in [0.2, 0.25) is 0 Å². The molecule has 27 heavy (non-hydrogen) atoms. The Morgan fingerprint density at radius 1 is 1.04 bits per heavy atom. The lowest BCUT2D eigenvalue weighted by Gasteiger charge is -2.27. The Kier molecular flexibility index (Phi) is 6.29. The lowest BCUT2D eigenvalue weighted by atomic mass is 9.96. The average Bonchev–Trinajstić information content (AvgIpc) is 2.88. The number of likely N-dealkylation sites (tertiary alicyclic amines) is 1. The van der Waals surface area contributed by atoms with Crippen molar-refractivity contribution in [2.24, 2.45) is 0 Å². The van der Waals surface area contributed by atoms with E-state index in [4.69, 9.17) is 9.47 Å². The van der Waals surface area contributed by atoms with Gasteiger partial charge in [-0.2, -0.15) is 0 Å². The lowest BCUT2D eigenvalue weighted by molar-refractivity contribution is -0.133. The number of rotatable bonds is 6. The van der Waals surface area contributed by atoms with E-state index in [0.29, 0.717) is 43.9 Å². The van der Waals surface area contributed by atoms with E-state index in [1.807, 2.05) is 30.3 Å². The van der Waals surface area contributed by atoms with Crippen LogP contribution in [0, 0.1) is 5.82 Å². The number of carbonyl (C=O) groups excluding carboxylic acids is 1. The summed E-state index contributed by atoms with van der Waals surface area (Å²) in [6.45, 7) is 1.03. The first-order chi connectivity index (χ1) is 13.0. The van der Waals surface area contributed by atoms with Crippen molar-refractivity contribution in [2.45, 2.75) is 24.9 Å². The van der Waals surface area contributed by atoms with Gasteiger partial charge in [0.15, 0.2) is 6.61 Å². The van der Waals surface area contributed by atoms with Gasteiger partial charge in [-0.25, -0.2) is 4.39 Å². The third-order valence-corrected chi connectivity index (χ3v) is 4.68. The summed E-state index contributed by atoms with van der Waals surface area (Å²) in [5.74, 6) is 0.461. The normalized spacial score (nSPS) is 20.0. The highest BCUT2D eigenvalue weighted by Crippen LogP contribution is 2.24. The monoisotopic (exact) mass is 373 g/mol. The molecule has 1 aliphatic rings. The molecule has 0 spiro atoms. The predicted octanol–water partition coefficient (Wildman–Crippen LogP) is 3.03. The van der Waals surface area contributed by atoms with Crippen LogP contribution in [0.2, 0.25) is 0 Å². The van der Waals surface area contributed by atoms with E-state index in [-0.39, 0.29) is 19.1 Å². The molecule has 1 amide bonds. The van der Waals surface area contributed by atoms with Gasteiger partial charge >= 0.3 is 0 Å². The summed E-state index contributed by atoms with van der Waals surface area (Å²) in [5.41, 5.74) is -0.964. The van der Waals surface area contributed by atoms with Crippen LogP contribution < -0.4 is 9.47 Å². The van der Waals surface area contributed by atoms with Crippen LogP contribution in [0.4, 0.5) is 4.39 Å². The smallest absolute Gasteiger partial charge is 0.260 e. The van der Waals surface area contributed by atoms with Crippen molar-refractivity contribution in [3.05, 3.63) is 60.4 Å². The number of nitrogens with zero attached hydrogens (tertiary/aromatic N) is 1. The Morgan fingerprint density at radius 3 is 2.59 bits per heavy atom. The Balaban J connectivity index is 1.48. The third-order valence-electron chi connectivity index (χ3n) is 4.68. The number of hydrogen-bond donors (Lipinski definition) is 1. The van der Waals surface area contributed by atoms with Gasteiger partial charge in [0.25, 0.3) is 5.91 Å². The minimum absolute atomic E-state index is 0.150. The quantitative estimate of drug-likeness (QED) is 0.846. The van der Waals surface area contributed by atoms with Crippen LogP contribution in [0.25, 0.3) is 0 Å². The summed E-state index contributed by atoms with van der Waals surface area (Å²) in [5, 5.41) is 10.8. The Hall–Kier alpha value is -2.60. The molecule has 6 heteroatoms. The summed E-state index contributed by atoms with van der Waals surface area (Å²) in [6.07, 6.45) is 1.68. The standard InChI is InChI=1S/C21H24FNO4/c22-17-6-4-9-19(14-17)26-15-20(24)23-12-5-10-21(25,11-13-23)16-27-18-7-2-1-3-8-18/h1-4,6-9,14,25H,5,10-13,15-16H2/t21-/m1/s1. The second-order valence-electron chi connectivity index (χ2n) is 6.81. The van der Waals surface area contributed by atoms with Crippen molar-refractivity contribution < 1.29 is 23.8 Å². The fourth-order valence-corrected chi connectivity index (χ4v) is 3.10. The van der Waals surface area contributed by atoms with Crippen molar-refractivity contribution in [3.8, 4) is 11.5 Å². The lowest BCUT2D eigenvalue weighted by Crippen LogP contribution is -2.39. The second-order valence-corrected chi connectivity index (χ2v) is 6.81. The number of carbonyl (C=O) groups is 1. The average molecular weight is 373 g/mol. The van der Waals surface area contributed by atoms with E-state index in [1.165, 1.54) is 18.2 Å². The molecule has 5 nitrogen and oxygen atoms in total. The summed E-state index contributed by atoms with van der Waals surface area (Å²) in [4.78, 5) is 14.1. The highest BCUT2D eigenvalue weighted by atomic mass is 19.1. The molecule has 1 fully saturated rings. The minimum atomic E-state index is -0.964. The van der Waals surface area contributed by atoms with Crippen LogP contribution in [0.3, 0.4) is 0 Å². The van der Waals surface area contributed by atoms with Crippen LogP contribution in [0.1, 0.15) is 19.3 Å². The molecule has 3 rings (SSSR count). The molecular weight excluding hydrogens is 349 g/mol.